The van der Waals surface area contributed by atoms with Crippen molar-refractivity contribution in [1.82, 2.24) is 10.2 Å². The van der Waals surface area contributed by atoms with Crippen LogP contribution in [0.1, 0.15) is 11.1 Å². The average molecular weight is 526 g/mol. The lowest BCUT2D eigenvalue weighted by atomic mass is 10.1. The van der Waals surface area contributed by atoms with Crippen LogP contribution >= 0.6 is 24.0 Å². The third kappa shape index (κ3) is 5.34. The first kappa shape index (κ1) is 22.6. The molecule has 162 valence electrons. The highest BCUT2D eigenvalue weighted by Crippen LogP contribution is 2.29. The van der Waals surface area contributed by atoms with E-state index in [1.165, 1.54) is 11.8 Å². The Balaban J connectivity index is 0.00000256. The summed E-state index contributed by atoms with van der Waals surface area (Å²) in [5.74, 6) is 1.38. The highest BCUT2D eigenvalue weighted by Gasteiger charge is 2.20. The quantitative estimate of drug-likeness (QED) is 0.377. The summed E-state index contributed by atoms with van der Waals surface area (Å²) in [5.41, 5.74) is 2.89. The van der Waals surface area contributed by atoms with Crippen LogP contribution < -0.4 is 15.0 Å². The summed E-state index contributed by atoms with van der Waals surface area (Å²) in [6.07, 6.45) is 0.656. The number of rotatable bonds is 4. The zero-order chi connectivity index (χ0) is 20.1. The second-order valence-corrected chi connectivity index (χ2v) is 7.20. The first-order valence-electron chi connectivity index (χ1n) is 10.0. The second-order valence-electron chi connectivity index (χ2n) is 7.20. The maximum Gasteiger partial charge on any atom is 0.193 e. The van der Waals surface area contributed by atoms with Crippen LogP contribution in [0.4, 0.5) is 10.1 Å². The zero-order valence-corrected chi connectivity index (χ0v) is 19.5. The van der Waals surface area contributed by atoms with E-state index < -0.39 is 0 Å². The molecule has 2 aliphatic rings. The zero-order valence-electron chi connectivity index (χ0n) is 17.1. The van der Waals surface area contributed by atoms with Crippen LogP contribution in [0.2, 0.25) is 0 Å². The fourth-order valence-electron chi connectivity index (χ4n) is 3.90. The van der Waals surface area contributed by atoms with E-state index in [9.17, 15) is 4.39 Å². The number of hydrogen-bond acceptors (Lipinski definition) is 4. The van der Waals surface area contributed by atoms with Gasteiger partial charge in [-0.2, -0.15) is 0 Å². The van der Waals surface area contributed by atoms with E-state index in [1.54, 1.807) is 13.1 Å². The molecule has 0 aliphatic carbocycles. The fourth-order valence-corrected chi connectivity index (χ4v) is 3.90. The summed E-state index contributed by atoms with van der Waals surface area (Å²) in [7, 11) is 1.80. The van der Waals surface area contributed by atoms with Crippen LogP contribution in [0, 0.1) is 5.82 Å². The minimum Gasteiger partial charge on any atom is -0.467 e. The lowest BCUT2D eigenvalue weighted by Gasteiger charge is -2.37. The maximum atomic E-state index is 13.9. The standard InChI is InChI=1S/C22H27FN4O2.HI/c1-24-22(27-11-9-26(10-12-27)20-5-3-2-4-6-20)25-8-7-17-13-19(23)14-18-15-28-16-29-21(17)18;/h2-6,13-14H,7-12,15-16H2,1H3,(H,24,25);1H. The largest absolute Gasteiger partial charge is 0.467 e. The van der Waals surface area contributed by atoms with Crippen LogP contribution in [0.5, 0.6) is 5.75 Å². The van der Waals surface area contributed by atoms with E-state index in [1.807, 2.05) is 6.07 Å². The summed E-state index contributed by atoms with van der Waals surface area (Å²) in [5, 5.41) is 3.42. The van der Waals surface area contributed by atoms with Crippen LogP contribution in [0.3, 0.4) is 0 Å². The Labute approximate surface area is 194 Å². The number of hydrogen-bond donors (Lipinski definition) is 1. The molecular formula is C22H28FIN4O2. The normalized spacial score (nSPS) is 16.4. The van der Waals surface area contributed by atoms with E-state index in [-0.39, 0.29) is 36.6 Å². The summed E-state index contributed by atoms with van der Waals surface area (Å²) >= 11 is 0. The molecule has 0 bridgehead atoms. The number of halogens is 2. The number of aliphatic imine (C=N–C) groups is 1. The summed E-state index contributed by atoms with van der Waals surface area (Å²) in [6, 6.07) is 13.5. The number of para-hydroxylation sites is 1. The van der Waals surface area contributed by atoms with Crippen molar-refractivity contribution in [2.24, 2.45) is 4.99 Å². The molecule has 4 rings (SSSR count). The lowest BCUT2D eigenvalue weighted by molar-refractivity contribution is -0.0172. The molecule has 0 saturated carbocycles. The first-order chi connectivity index (χ1) is 14.2. The Morgan fingerprint density at radius 2 is 1.90 bits per heavy atom. The summed E-state index contributed by atoms with van der Waals surface area (Å²) in [4.78, 5) is 9.09. The van der Waals surface area contributed by atoms with Crippen LogP contribution in [0.15, 0.2) is 47.5 Å². The van der Waals surface area contributed by atoms with Gasteiger partial charge >= 0.3 is 0 Å². The molecule has 2 aromatic rings. The smallest absolute Gasteiger partial charge is 0.193 e. The maximum absolute atomic E-state index is 13.9. The number of ether oxygens (including phenoxy) is 2. The van der Waals surface area contributed by atoms with Gasteiger partial charge in [-0.15, -0.1) is 24.0 Å². The highest BCUT2D eigenvalue weighted by atomic mass is 127. The summed E-state index contributed by atoms with van der Waals surface area (Å²) in [6.45, 7) is 4.99. The second kappa shape index (κ2) is 10.8. The molecule has 0 radical (unpaired) electrons. The average Bonchev–Trinajstić information content (AvgIpc) is 2.77. The predicted molar refractivity (Wildman–Crippen MR) is 127 cm³/mol. The molecule has 30 heavy (non-hydrogen) atoms. The van der Waals surface area contributed by atoms with Crippen LogP contribution in [-0.4, -0.2) is 57.4 Å². The molecule has 6 nitrogen and oxygen atoms in total. The molecule has 1 N–H and O–H groups in total. The third-order valence-corrected chi connectivity index (χ3v) is 5.34. The fraction of sp³-hybridized carbons (Fsp3) is 0.409. The molecule has 2 aromatic carbocycles. The number of nitrogens with zero attached hydrogens (tertiary/aromatic N) is 3. The van der Waals surface area contributed by atoms with Crippen molar-refractivity contribution in [3.05, 3.63) is 59.4 Å². The molecular weight excluding hydrogens is 498 g/mol. The van der Waals surface area contributed by atoms with Gasteiger partial charge in [0.1, 0.15) is 11.6 Å². The number of anilines is 1. The molecule has 0 unspecified atom stereocenters. The van der Waals surface area contributed by atoms with Gasteiger partial charge in [0.15, 0.2) is 12.8 Å². The molecule has 2 heterocycles. The van der Waals surface area contributed by atoms with E-state index >= 15 is 0 Å². The van der Waals surface area contributed by atoms with Gasteiger partial charge < -0.3 is 24.6 Å². The SMILES string of the molecule is CN=C(NCCc1cc(F)cc2c1OCOC2)N1CCN(c2ccccc2)CC1.I. The molecule has 1 fully saturated rings. The molecule has 1 saturated heterocycles. The van der Waals surface area contributed by atoms with Gasteiger partial charge in [0.2, 0.25) is 0 Å². The van der Waals surface area contributed by atoms with Gasteiger partial charge in [-0.3, -0.25) is 4.99 Å². The molecule has 8 heteroatoms. The van der Waals surface area contributed by atoms with Gasteiger partial charge in [-0.05, 0) is 36.2 Å². The van der Waals surface area contributed by atoms with Gasteiger partial charge in [-0.25, -0.2) is 4.39 Å². The van der Waals surface area contributed by atoms with E-state index in [0.717, 1.165) is 49.0 Å². The molecule has 0 atom stereocenters. The van der Waals surface area contributed by atoms with Crippen molar-refractivity contribution in [3.8, 4) is 5.75 Å². The van der Waals surface area contributed by atoms with E-state index in [4.69, 9.17) is 9.47 Å². The van der Waals surface area contributed by atoms with Crippen molar-refractivity contribution in [2.45, 2.75) is 13.0 Å². The predicted octanol–water partition coefficient (Wildman–Crippen LogP) is 3.25. The van der Waals surface area contributed by atoms with Crippen LogP contribution in [0.25, 0.3) is 0 Å². The number of piperazine rings is 1. The van der Waals surface area contributed by atoms with Crippen LogP contribution in [-0.2, 0) is 17.8 Å². The number of nitrogens with one attached hydrogen (secondary N) is 1. The van der Waals surface area contributed by atoms with Crippen molar-refractivity contribution >= 4 is 35.6 Å². The van der Waals surface area contributed by atoms with Crippen molar-refractivity contribution in [1.29, 1.82) is 0 Å². The first-order valence-corrected chi connectivity index (χ1v) is 10.0. The molecule has 0 aromatic heterocycles. The van der Waals surface area contributed by atoms with Crippen molar-refractivity contribution in [3.63, 3.8) is 0 Å². The molecule has 2 aliphatic heterocycles. The topological polar surface area (TPSA) is 49.3 Å². The lowest BCUT2D eigenvalue weighted by Crippen LogP contribution is -2.52. The Morgan fingerprint density at radius 3 is 2.63 bits per heavy atom. The minimum atomic E-state index is -0.255. The highest BCUT2D eigenvalue weighted by molar-refractivity contribution is 14.0. The minimum absolute atomic E-state index is 0. The van der Waals surface area contributed by atoms with Gasteiger partial charge in [-0.1, -0.05) is 18.2 Å². The number of benzene rings is 2. The Morgan fingerprint density at radius 1 is 1.13 bits per heavy atom. The Hall–Kier alpha value is -2.07. The molecule has 0 amide bonds. The van der Waals surface area contributed by atoms with Gasteiger partial charge in [0.25, 0.3) is 0 Å². The van der Waals surface area contributed by atoms with E-state index in [0.29, 0.717) is 19.6 Å². The number of guanidine groups is 1. The van der Waals surface area contributed by atoms with Gasteiger partial charge in [0.05, 0.1) is 6.61 Å². The Bertz CT molecular complexity index is 858. The van der Waals surface area contributed by atoms with Gasteiger partial charge in [0, 0.05) is 51.0 Å². The molecule has 0 spiro atoms. The number of fused-ring (bicyclic) bond motifs is 1. The monoisotopic (exact) mass is 526 g/mol. The van der Waals surface area contributed by atoms with E-state index in [2.05, 4.69) is 44.4 Å². The van der Waals surface area contributed by atoms with Crippen molar-refractivity contribution in [2.75, 3.05) is 51.5 Å². The summed E-state index contributed by atoms with van der Waals surface area (Å²) < 4.78 is 24.8. The van der Waals surface area contributed by atoms with Crippen molar-refractivity contribution < 1.29 is 13.9 Å². The third-order valence-electron chi connectivity index (χ3n) is 5.34. The Kier molecular flexibility index (Phi) is 8.15.